The molecule has 3 nitrogen and oxygen atoms in total. The Morgan fingerprint density at radius 3 is 2.37 bits per heavy atom. The zero-order chi connectivity index (χ0) is 19.1. The summed E-state index contributed by atoms with van der Waals surface area (Å²) in [5, 5.41) is 1.18. The predicted octanol–water partition coefficient (Wildman–Crippen LogP) is 5.02. The summed E-state index contributed by atoms with van der Waals surface area (Å²) in [5.41, 5.74) is 10.6. The number of fused-ring (bicyclic) bond motifs is 1. The molecule has 2 aromatic carbocycles. The first-order chi connectivity index (χ1) is 13.0. The molecule has 0 atom stereocenters. The molecule has 0 bridgehead atoms. The van der Waals surface area contributed by atoms with Crippen LogP contribution in [0.5, 0.6) is 0 Å². The van der Waals surface area contributed by atoms with E-state index in [4.69, 9.17) is 0 Å². The van der Waals surface area contributed by atoms with Gasteiger partial charge in [0.25, 0.3) is 0 Å². The van der Waals surface area contributed by atoms with E-state index in [1.54, 1.807) is 0 Å². The van der Waals surface area contributed by atoms with Gasteiger partial charge < -0.3 is 0 Å². The molecule has 0 fully saturated rings. The zero-order valence-corrected chi connectivity index (χ0v) is 16.5. The summed E-state index contributed by atoms with van der Waals surface area (Å²) in [4.78, 5) is 8.99. The van der Waals surface area contributed by atoms with Gasteiger partial charge in [-0.3, -0.25) is 9.97 Å². The third-order valence-electron chi connectivity index (χ3n) is 5.36. The van der Waals surface area contributed by atoms with Crippen molar-refractivity contribution < 1.29 is 4.57 Å². The average molecular weight is 354 g/mol. The molecule has 27 heavy (non-hydrogen) atoms. The first kappa shape index (κ1) is 17.3. The van der Waals surface area contributed by atoms with E-state index in [9.17, 15) is 0 Å². The molecule has 0 aliphatic heterocycles. The van der Waals surface area contributed by atoms with E-state index in [-0.39, 0.29) is 0 Å². The minimum Gasteiger partial charge on any atom is -0.258 e. The van der Waals surface area contributed by atoms with Crippen LogP contribution < -0.4 is 4.57 Å². The van der Waals surface area contributed by atoms with Crippen LogP contribution in [0.25, 0.3) is 33.4 Å². The van der Waals surface area contributed by atoms with Crippen LogP contribution in [0.1, 0.15) is 22.4 Å². The van der Waals surface area contributed by atoms with Crippen LogP contribution in [0.4, 0.5) is 0 Å². The quantitative estimate of drug-likeness (QED) is 0.473. The van der Waals surface area contributed by atoms with Gasteiger partial charge in [-0.1, -0.05) is 23.8 Å². The van der Waals surface area contributed by atoms with Crippen molar-refractivity contribution in [2.75, 3.05) is 0 Å². The number of hydrogen-bond donors (Lipinski definition) is 0. The molecule has 0 aliphatic rings. The summed E-state index contributed by atoms with van der Waals surface area (Å²) < 4.78 is 2.28. The first-order valence-electron chi connectivity index (χ1n) is 9.24. The Balaban J connectivity index is 1.96. The van der Waals surface area contributed by atoms with Crippen LogP contribution in [-0.2, 0) is 7.05 Å². The minimum atomic E-state index is 0.904. The monoisotopic (exact) mass is 354 g/mol. The van der Waals surface area contributed by atoms with Crippen LogP contribution in [0.3, 0.4) is 0 Å². The van der Waals surface area contributed by atoms with E-state index in [0.29, 0.717) is 0 Å². The second-order valence-corrected chi connectivity index (χ2v) is 7.31. The fourth-order valence-corrected chi connectivity index (χ4v) is 3.76. The summed E-state index contributed by atoms with van der Waals surface area (Å²) in [6, 6.07) is 15.3. The van der Waals surface area contributed by atoms with Crippen LogP contribution >= 0.6 is 0 Å². The van der Waals surface area contributed by atoms with E-state index < -0.39 is 0 Å². The van der Waals surface area contributed by atoms with Crippen LogP contribution in [0.2, 0.25) is 0 Å². The largest absolute Gasteiger partial charge is 0.258 e. The van der Waals surface area contributed by atoms with Gasteiger partial charge in [-0.05, 0) is 51.0 Å². The number of aryl methyl sites for hydroxylation is 4. The minimum absolute atomic E-state index is 0.904. The highest BCUT2D eigenvalue weighted by Gasteiger charge is 2.19. The van der Waals surface area contributed by atoms with Gasteiger partial charge in [0, 0.05) is 29.5 Å². The van der Waals surface area contributed by atoms with E-state index in [1.165, 1.54) is 38.9 Å². The Labute approximate surface area is 160 Å². The lowest BCUT2D eigenvalue weighted by Gasteiger charge is -2.11. The Kier molecular flexibility index (Phi) is 4.23. The lowest BCUT2D eigenvalue weighted by atomic mass is 9.96. The molecular formula is C24H24N3+. The van der Waals surface area contributed by atoms with Crippen molar-refractivity contribution >= 4 is 10.9 Å². The van der Waals surface area contributed by atoms with Crippen molar-refractivity contribution in [1.29, 1.82) is 0 Å². The van der Waals surface area contributed by atoms with Gasteiger partial charge in [0.05, 0.1) is 23.0 Å². The summed E-state index contributed by atoms with van der Waals surface area (Å²) >= 11 is 0. The summed E-state index contributed by atoms with van der Waals surface area (Å²) in [7, 11) is 2.14. The van der Waals surface area contributed by atoms with E-state index in [1.807, 2.05) is 19.3 Å². The molecule has 0 saturated carbocycles. The second kappa shape index (κ2) is 6.58. The molecule has 0 N–H and O–H groups in total. The number of hydrogen-bond acceptors (Lipinski definition) is 2. The first-order valence-corrected chi connectivity index (χ1v) is 9.24. The molecule has 0 spiro atoms. The smallest absolute Gasteiger partial charge is 0.213 e. The summed E-state index contributed by atoms with van der Waals surface area (Å²) in [6.45, 7) is 8.50. The standard InChI is InChI=1S/C24H24N3/c1-15-11-16(2)18(4)21(12-15)24-10-9-20-19(7-6-8-23(20)27(24)5)22-14-25-17(3)13-26-22/h6-14H,1-5H3/q+1. The fraction of sp³-hybridized carbons (Fsp3) is 0.208. The summed E-state index contributed by atoms with van der Waals surface area (Å²) in [5.74, 6) is 0. The molecule has 4 rings (SSSR count). The maximum atomic E-state index is 4.57. The molecule has 0 aliphatic carbocycles. The van der Waals surface area contributed by atoms with Gasteiger partial charge in [-0.25, -0.2) is 0 Å². The fourth-order valence-electron chi connectivity index (χ4n) is 3.76. The topological polar surface area (TPSA) is 29.7 Å². The Morgan fingerprint density at radius 2 is 1.63 bits per heavy atom. The Morgan fingerprint density at radius 1 is 0.815 bits per heavy atom. The number of rotatable bonds is 2. The molecule has 4 aromatic rings. The van der Waals surface area contributed by atoms with Gasteiger partial charge in [-0.15, -0.1) is 0 Å². The molecule has 2 heterocycles. The SMILES string of the molecule is Cc1cc(C)c(C)c(-c2ccc3c(-c4cnc(C)cn4)cccc3[n+]2C)c1. The zero-order valence-electron chi connectivity index (χ0n) is 16.5. The molecule has 0 unspecified atom stereocenters. The van der Waals surface area contributed by atoms with Gasteiger partial charge in [0.2, 0.25) is 11.2 Å². The van der Waals surface area contributed by atoms with Crippen molar-refractivity contribution in [1.82, 2.24) is 9.97 Å². The van der Waals surface area contributed by atoms with E-state index in [2.05, 4.69) is 84.8 Å². The number of benzene rings is 2. The van der Waals surface area contributed by atoms with Crippen molar-refractivity contribution in [2.45, 2.75) is 27.7 Å². The van der Waals surface area contributed by atoms with Gasteiger partial charge in [-0.2, -0.15) is 4.57 Å². The molecule has 0 saturated heterocycles. The maximum absolute atomic E-state index is 4.57. The van der Waals surface area contributed by atoms with Crippen LogP contribution in [0, 0.1) is 27.7 Å². The van der Waals surface area contributed by atoms with Crippen molar-refractivity contribution in [2.24, 2.45) is 7.05 Å². The number of pyridine rings is 1. The second-order valence-electron chi connectivity index (χ2n) is 7.31. The van der Waals surface area contributed by atoms with Crippen molar-refractivity contribution in [3.63, 3.8) is 0 Å². The number of nitrogens with zero attached hydrogens (tertiary/aromatic N) is 3. The lowest BCUT2D eigenvalue weighted by molar-refractivity contribution is -0.633. The van der Waals surface area contributed by atoms with Crippen molar-refractivity contribution in [3.05, 3.63) is 77.2 Å². The average Bonchev–Trinajstić information content (AvgIpc) is 2.66. The van der Waals surface area contributed by atoms with Gasteiger partial charge in [0.15, 0.2) is 0 Å². The van der Waals surface area contributed by atoms with Gasteiger partial charge in [0.1, 0.15) is 7.05 Å². The van der Waals surface area contributed by atoms with E-state index in [0.717, 1.165) is 17.0 Å². The maximum Gasteiger partial charge on any atom is 0.213 e. The third kappa shape index (κ3) is 2.99. The van der Waals surface area contributed by atoms with E-state index >= 15 is 0 Å². The lowest BCUT2D eigenvalue weighted by Crippen LogP contribution is -2.32. The summed E-state index contributed by atoms with van der Waals surface area (Å²) in [6.07, 6.45) is 3.67. The Hall–Kier alpha value is -3.07. The molecule has 2 aromatic heterocycles. The number of aromatic nitrogens is 3. The van der Waals surface area contributed by atoms with Crippen LogP contribution in [0.15, 0.2) is 54.9 Å². The third-order valence-corrected chi connectivity index (χ3v) is 5.36. The predicted molar refractivity (Wildman–Crippen MR) is 111 cm³/mol. The molecule has 0 radical (unpaired) electrons. The highest BCUT2D eigenvalue weighted by atomic mass is 14.9. The van der Waals surface area contributed by atoms with Crippen molar-refractivity contribution in [3.8, 4) is 22.5 Å². The molecule has 0 amide bonds. The molecule has 3 heteroatoms. The highest BCUT2D eigenvalue weighted by Crippen LogP contribution is 2.29. The normalized spacial score (nSPS) is 11.1. The Bertz CT molecular complexity index is 1160. The molecular weight excluding hydrogens is 330 g/mol. The highest BCUT2D eigenvalue weighted by molar-refractivity contribution is 5.92. The van der Waals surface area contributed by atoms with Crippen LogP contribution in [-0.4, -0.2) is 9.97 Å². The molecule has 134 valence electrons. The van der Waals surface area contributed by atoms with Gasteiger partial charge >= 0.3 is 0 Å².